The van der Waals surface area contributed by atoms with Gasteiger partial charge in [0.15, 0.2) is 0 Å². The predicted octanol–water partition coefficient (Wildman–Crippen LogP) is 10.8. The van der Waals surface area contributed by atoms with Gasteiger partial charge in [-0.1, -0.05) is 110 Å². The third-order valence-corrected chi connectivity index (χ3v) is 10.9. The Morgan fingerprint density at radius 1 is 0.717 bits per heavy atom. The van der Waals surface area contributed by atoms with E-state index >= 15 is 0 Å². The summed E-state index contributed by atoms with van der Waals surface area (Å²) in [5, 5.41) is 30.8. The van der Waals surface area contributed by atoms with Crippen molar-refractivity contribution in [3.63, 3.8) is 0 Å². The molecule has 5 heteroatoms. The van der Waals surface area contributed by atoms with Crippen molar-refractivity contribution in [3.05, 3.63) is 185 Å². The minimum Gasteiger partial charge on any atom is -0.360 e. The van der Waals surface area contributed by atoms with Crippen LogP contribution in [0.25, 0.3) is 16.7 Å². The third-order valence-electron chi connectivity index (χ3n) is 10.9. The van der Waals surface area contributed by atoms with Gasteiger partial charge < -0.3 is 9.80 Å². The standard InChI is InChI=1S/C48H39N5/c1-33-13-4-3-11-24-52(45-20-10-9-15-40(33)45)39-26-35(30-50)25-38(28-39)41-16-7-8-18-43(41)48-36(31-51)14-12-21-47(48)53-32-37-23-22-34(29-49)27-44(37)42-17-5-2-6-19-46(42)53/h3-13,15-23,25-28,33,36,42,46H,2,14,24,32H2,1H3/b11-3-,13-4-. The maximum absolute atomic E-state index is 10.7. The number of anilines is 2. The summed E-state index contributed by atoms with van der Waals surface area (Å²) in [5.74, 6) is -0.0700. The van der Waals surface area contributed by atoms with Crippen molar-refractivity contribution < 1.29 is 0 Å². The van der Waals surface area contributed by atoms with E-state index < -0.39 is 0 Å². The molecule has 2 aliphatic carbocycles. The molecule has 0 aromatic heterocycles. The Balaban J connectivity index is 1.30. The van der Waals surface area contributed by atoms with Crippen LogP contribution in [0.15, 0.2) is 151 Å². The van der Waals surface area contributed by atoms with Crippen molar-refractivity contribution >= 4 is 16.9 Å². The molecule has 4 atom stereocenters. The molecule has 4 aliphatic rings. The number of rotatable bonds is 4. The Kier molecular flexibility index (Phi) is 9.21. The van der Waals surface area contributed by atoms with Gasteiger partial charge in [0.05, 0.1) is 41.3 Å². The van der Waals surface area contributed by atoms with Crippen LogP contribution in [0.1, 0.15) is 65.0 Å². The highest BCUT2D eigenvalue weighted by Crippen LogP contribution is 2.46. The number of para-hydroxylation sites is 1. The van der Waals surface area contributed by atoms with Gasteiger partial charge in [0.1, 0.15) is 0 Å². The zero-order valence-corrected chi connectivity index (χ0v) is 29.7. The van der Waals surface area contributed by atoms with Gasteiger partial charge in [-0.05, 0) is 88.7 Å². The lowest BCUT2D eigenvalue weighted by Crippen LogP contribution is -2.41. The smallest absolute Gasteiger partial charge is 0.0992 e. The zero-order valence-electron chi connectivity index (χ0n) is 29.7. The summed E-state index contributed by atoms with van der Waals surface area (Å²) < 4.78 is 0. The Morgan fingerprint density at radius 2 is 1.53 bits per heavy atom. The summed E-state index contributed by atoms with van der Waals surface area (Å²) in [5.41, 5.74) is 11.9. The monoisotopic (exact) mass is 685 g/mol. The fraction of sp³-hybridized carbons (Fsp3) is 0.188. The molecule has 0 bridgehead atoms. The first-order valence-corrected chi connectivity index (χ1v) is 18.4. The van der Waals surface area contributed by atoms with Crippen molar-refractivity contribution in [2.45, 2.75) is 44.2 Å². The summed E-state index contributed by atoms with van der Waals surface area (Å²) in [6.07, 6.45) is 23.4. The Bertz CT molecular complexity index is 2400. The Labute approximate surface area is 312 Å². The highest BCUT2D eigenvalue weighted by atomic mass is 15.2. The minimum atomic E-state index is -0.356. The fourth-order valence-corrected chi connectivity index (χ4v) is 8.39. The van der Waals surface area contributed by atoms with Crippen molar-refractivity contribution in [2.24, 2.45) is 5.92 Å². The SMILES string of the molecule is CC1/C=C\C=C/CN(c2cc(C#N)cc(-c3ccccc3C3=C(N4Cc5ccc(C#N)cc5C5C=CCC=CC54)C=CCC3C#N)c2)c2ccccc21. The van der Waals surface area contributed by atoms with E-state index in [9.17, 15) is 15.8 Å². The Hall–Kier alpha value is -6.61. The zero-order chi connectivity index (χ0) is 36.3. The number of benzene rings is 4. The van der Waals surface area contributed by atoms with E-state index in [1.807, 2.05) is 30.3 Å². The van der Waals surface area contributed by atoms with Crippen molar-refractivity contribution in [2.75, 3.05) is 11.4 Å². The lowest BCUT2D eigenvalue weighted by Gasteiger charge is -2.44. The van der Waals surface area contributed by atoms with Gasteiger partial charge in [-0.15, -0.1) is 0 Å². The highest BCUT2D eigenvalue weighted by Gasteiger charge is 2.37. The molecule has 2 heterocycles. The first kappa shape index (κ1) is 33.5. The predicted molar refractivity (Wildman–Crippen MR) is 213 cm³/mol. The molecule has 0 N–H and O–H groups in total. The van der Waals surface area contributed by atoms with Crippen LogP contribution in [-0.2, 0) is 6.54 Å². The van der Waals surface area contributed by atoms with E-state index in [1.54, 1.807) is 0 Å². The number of nitriles is 3. The average molecular weight is 686 g/mol. The number of hydrogen-bond acceptors (Lipinski definition) is 5. The van der Waals surface area contributed by atoms with E-state index in [0.717, 1.165) is 45.8 Å². The van der Waals surface area contributed by atoms with Gasteiger partial charge in [0.25, 0.3) is 0 Å². The first-order chi connectivity index (χ1) is 26.1. The molecule has 4 aromatic carbocycles. The van der Waals surface area contributed by atoms with Crippen LogP contribution in [0, 0.1) is 39.9 Å². The lowest BCUT2D eigenvalue weighted by atomic mass is 9.78. The highest BCUT2D eigenvalue weighted by molar-refractivity contribution is 5.88. The van der Waals surface area contributed by atoms with E-state index in [0.29, 0.717) is 30.6 Å². The van der Waals surface area contributed by atoms with Gasteiger partial charge in [0.2, 0.25) is 0 Å². The summed E-state index contributed by atoms with van der Waals surface area (Å²) in [6, 6.07) is 36.5. The maximum atomic E-state index is 10.7. The normalized spacial score (nSPS) is 22.8. The molecule has 4 aromatic rings. The average Bonchev–Trinajstić information content (AvgIpc) is 3.43. The van der Waals surface area contributed by atoms with Crippen LogP contribution in [0.3, 0.4) is 0 Å². The molecular formula is C48H39N5. The van der Waals surface area contributed by atoms with Gasteiger partial charge in [0, 0.05) is 47.6 Å². The molecule has 0 fully saturated rings. The molecule has 0 saturated carbocycles. The van der Waals surface area contributed by atoms with Crippen LogP contribution >= 0.6 is 0 Å². The van der Waals surface area contributed by atoms with Crippen LogP contribution in [0.4, 0.5) is 11.4 Å². The van der Waals surface area contributed by atoms with Gasteiger partial charge in [-0.3, -0.25) is 0 Å². The molecule has 53 heavy (non-hydrogen) atoms. The number of hydrogen-bond donors (Lipinski definition) is 0. The van der Waals surface area contributed by atoms with E-state index in [1.165, 1.54) is 16.7 Å². The van der Waals surface area contributed by atoms with E-state index in [2.05, 4.69) is 150 Å². The maximum Gasteiger partial charge on any atom is 0.0992 e. The molecule has 0 saturated heterocycles. The summed E-state index contributed by atoms with van der Waals surface area (Å²) in [6.45, 7) is 3.52. The quantitative estimate of drug-likeness (QED) is 0.200. The summed E-state index contributed by atoms with van der Waals surface area (Å²) in [7, 11) is 0. The molecule has 0 spiro atoms. The molecule has 256 valence electrons. The molecular weight excluding hydrogens is 647 g/mol. The lowest BCUT2D eigenvalue weighted by molar-refractivity contribution is 0.255. The molecule has 4 unspecified atom stereocenters. The third kappa shape index (κ3) is 6.31. The van der Waals surface area contributed by atoms with Gasteiger partial charge >= 0.3 is 0 Å². The number of nitrogens with zero attached hydrogens (tertiary/aromatic N) is 5. The molecule has 0 amide bonds. The van der Waals surface area contributed by atoms with Crippen LogP contribution in [-0.4, -0.2) is 17.5 Å². The summed E-state index contributed by atoms with van der Waals surface area (Å²) in [4.78, 5) is 4.75. The molecule has 0 radical (unpaired) electrons. The van der Waals surface area contributed by atoms with Crippen molar-refractivity contribution in [1.29, 1.82) is 15.8 Å². The van der Waals surface area contributed by atoms with E-state index in [4.69, 9.17) is 0 Å². The van der Waals surface area contributed by atoms with Crippen molar-refractivity contribution in [3.8, 4) is 29.3 Å². The molecule has 8 rings (SSSR count). The van der Waals surface area contributed by atoms with Crippen LogP contribution < -0.4 is 4.90 Å². The van der Waals surface area contributed by atoms with Gasteiger partial charge in [-0.2, -0.15) is 15.8 Å². The largest absolute Gasteiger partial charge is 0.360 e. The number of allylic oxidation sites excluding steroid dienone is 8. The second-order valence-electron chi connectivity index (χ2n) is 14.1. The van der Waals surface area contributed by atoms with Crippen LogP contribution in [0.5, 0.6) is 0 Å². The van der Waals surface area contributed by atoms with Crippen LogP contribution in [0.2, 0.25) is 0 Å². The topological polar surface area (TPSA) is 77.8 Å². The summed E-state index contributed by atoms with van der Waals surface area (Å²) >= 11 is 0. The molecule has 2 aliphatic heterocycles. The van der Waals surface area contributed by atoms with Gasteiger partial charge in [-0.25, -0.2) is 0 Å². The number of fused-ring (bicyclic) bond motifs is 4. The van der Waals surface area contributed by atoms with Crippen molar-refractivity contribution in [1.82, 2.24) is 4.90 Å². The fourth-order valence-electron chi connectivity index (χ4n) is 8.39. The van der Waals surface area contributed by atoms with E-state index in [-0.39, 0.29) is 23.8 Å². The second-order valence-corrected chi connectivity index (χ2v) is 14.1. The minimum absolute atomic E-state index is 0.0178. The second kappa shape index (κ2) is 14.6. The molecule has 5 nitrogen and oxygen atoms in total. The Morgan fingerprint density at radius 3 is 2.38 bits per heavy atom. The first-order valence-electron chi connectivity index (χ1n) is 18.4.